The Kier molecular flexibility index (Phi) is 4.34. The lowest BCUT2D eigenvalue weighted by Gasteiger charge is -2.35. The molecule has 0 aromatic rings. The van der Waals surface area contributed by atoms with E-state index in [1.165, 1.54) is 4.90 Å². The average molecular weight is 249 g/mol. The van der Waals surface area contributed by atoms with E-state index >= 15 is 0 Å². The second-order valence-electron chi connectivity index (χ2n) is 4.17. The molecule has 1 aliphatic heterocycles. The van der Waals surface area contributed by atoms with E-state index in [1.54, 1.807) is 0 Å². The second kappa shape index (κ2) is 5.36. The third-order valence-corrected chi connectivity index (χ3v) is 2.91. The highest BCUT2D eigenvalue weighted by molar-refractivity contribution is 5.80. The summed E-state index contributed by atoms with van der Waals surface area (Å²) in [6.07, 6.45) is -4.50. The van der Waals surface area contributed by atoms with Gasteiger partial charge in [-0.25, -0.2) is 0 Å². The Labute approximate surface area is 97.2 Å². The van der Waals surface area contributed by atoms with E-state index in [2.05, 4.69) is 0 Å². The molecule has 96 valence electrons. The molecule has 7 heteroatoms. The van der Waals surface area contributed by atoms with Crippen LogP contribution in [0.4, 0.5) is 13.2 Å². The van der Waals surface area contributed by atoms with Crippen molar-refractivity contribution in [2.75, 3.05) is 13.1 Å². The monoisotopic (exact) mass is 249 g/mol. The SMILES string of the molecule is N#CC1CCN(CCC(F)(F)F)C(C(N)=O)C1. The summed E-state index contributed by atoms with van der Waals surface area (Å²) in [6, 6.07) is 1.27. The van der Waals surface area contributed by atoms with Gasteiger partial charge in [-0.3, -0.25) is 9.69 Å². The fourth-order valence-electron chi connectivity index (χ4n) is 1.97. The predicted molar refractivity (Wildman–Crippen MR) is 53.6 cm³/mol. The van der Waals surface area contributed by atoms with Gasteiger partial charge >= 0.3 is 6.18 Å². The van der Waals surface area contributed by atoms with Crippen LogP contribution in [0, 0.1) is 17.2 Å². The Bertz CT molecular complexity index is 324. The Morgan fingerprint density at radius 2 is 2.18 bits per heavy atom. The van der Waals surface area contributed by atoms with Crippen LogP contribution in [0.25, 0.3) is 0 Å². The Morgan fingerprint density at radius 1 is 1.53 bits per heavy atom. The number of nitrogens with zero attached hydrogens (tertiary/aromatic N) is 2. The number of hydrogen-bond acceptors (Lipinski definition) is 3. The van der Waals surface area contributed by atoms with E-state index in [0.29, 0.717) is 13.0 Å². The molecule has 2 atom stereocenters. The molecule has 1 rings (SSSR count). The molecule has 2 N–H and O–H groups in total. The lowest BCUT2D eigenvalue weighted by molar-refractivity contribution is -0.143. The van der Waals surface area contributed by atoms with Crippen molar-refractivity contribution in [1.82, 2.24) is 4.90 Å². The molecule has 0 aliphatic carbocycles. The molecule has 1 saturated heterocycles. The summed E-state index contributed by atoms with van der Waals surface area (Å²) in [4.78, 5) is 12.6. The zero-order chi connectivity index (χ0) is 13.1. The zero-order valence-electron chi connectivity index (χ0n) is 9.20. The molecule has 0 saturated carbocycles. The first kappa shape index (κ1) is 13.8. The molecule has 1 heterocycles. The van der Waals surface area contributed by atoms with Crippen molar-refractivity contribution in [3.05, 3.63) is 0 Å². The topological polar surface area (TPSA) is 70.1 Å². The molecule has 0 radical (unpaired) electrons. The van der Waals surface area contributed by atoms with Crippen molar-refractivity contribution >= 4 is 5.91 Å². The molecule has 0 aromatic heterocycles. The smallest absolute Gasteiger partial charge is 0.368 e. The Morgan fingerprint density at radius 3 is 2.65 bits per heavy atom. The maximum atomic E-state index is 12.1. The van der Waals surface area contributed by atoms with E-state index in [1.807, 2.05) is 6.07 Å². The average Bonchev–Trinajstić information content (AvgIpc) is 2.25. The van der Waals surface area contributed by atoms with E-state index in [-0.39, 0.29) is 18.9 Å². The minimum Gasteiger partial charge on any atom is -0.368 e. The molecule has 2 unspecified atom stereocenters. The predicted octanol–water partition coefficient (Wildman–Crippen LogP) is 1.03. The number of carbonyl (C=O) groups is 1. The van der Waals surface area contributed by atoms with E-state index in [9.17, 15) is 18.0 Å². The van der Waals surface area contributed by atoms with Gasteiger partial charge in [0.1, 0.15) is 0 Å². The van der Waals surface area contributed by atoms with E-state index < -0.39 is 24.5 Å². The molecular weight excluding hydrogens is 235 g/mol. The standard InChI is InChI=1S/C10H14F3N3O/c11-10(12,13)2-4-16-3-1-7(6-14)5-8(16)9(15)17/h7-8H,1-5H2,(H2,15,17). The normalized spacial score (nSPS) is 26.5. The van der Waals surface area contributed by atoms with Crippen molar-refractivity contribution in [1.29, 1.82) is 5.26 Å². The van der Waals surface area contributed by atoms with Gasteiger partial charge < -0.3 is 5.73 Å². The summed E-state index contributed by atoms with van der Waals surface area (Å²) < 4.78 is 36.3. The summed E-state index contributed by atoms with van der Waals surface area (Å²) in [5.74, 6) is -0.957. The van der Waals surface area contributed by atoms with Gasteiger partial charge in [0.05, 0.1) is 18.5 Å². The van der Waals surface area contributed by atoms with Crippen LogP contribution < -0.4 is 5.73 Å². The van der Waals surface area contributed by atoms with E-state index in [0.717, 1.165) is 0 Å². The number of carbonyl (C=O) groups excluding carboxylic acids is 1. The molecular formula is C10H14F3N3O. The number of halogens is 3. The lowest BCUT2D eigenvalue weighted by atomic mass is 9.91. The van der Waals surface area contributed by atoms with Crippen LogP contribution in [0.5, 0.6) is 0 Å². The summed E-state index contributed by atoms with van der Waals surface area (Å²) in [6.45, 7) is 0.0666. The number of likely N-dealkylation sites (tertiary alicyclic amines) is 1. The Balaban J connectivity index is 2.59. The van der Waals surface area contributed by atoms with Gasteiger partial charge in [0, 0.05) is 19.0 Å². The van der Waals surface area contributed by atoms with E-state index in [4.69, 9.17) is 11.0 Å². The highest BCUT2D eigenvalue weighted by Gasteiger charge is 2.35. The van der Waals surface area contributed by atoms with Crippen molar-refractivity contribution in [2.24, 2.45) is 11.7 Å². The van der Waals surface area contributed by atoms with Crippen molar-refractivity contribution in [3.8, 4) is 6.07 Å². The van der Waals surface area contributed by atoms with Gasteiger partial charge in [0.2, 0.25) is 5.91 Å². The molecule has 1 amide bonds. The number of rotatable bonds is 3. The number of primary amides is 1. The summed E-state index contributed by atoms with van der Waals surface area (Å²) in [5, 5.41) is 8.74. The van der Waals surface area contributed by atoms with Crippen molar-refractivity contribution < 1.29 is 18.0 Å². The highest BCUT2D eigenvalue weighted by atomic mass is 19.4. The third kappa shape index (κ3) is 4.23. The number of amides is 1. The fraction of sp³-hybridized carbons (Fsp3) is 0.800. The van der Waals surface area contributed by atoms with Crippen LogP contribution >= 0.6 is 0 Å². The number of nitrogens with two attached hydrogens (primary N) is 1. The van der Waals surface area contributed by atoms with Gasteiger partial charge in [-0.1, -0.05) is 0 Å². The summed E-state index contributed by atoms with van der Waals surface area (Å²) in [5.41, 5.74) is 5.14. The third-order valence-electron chi connectivity index (χ3n) is 2.91. The van der Waals surface area contributed by atoms with Crippen LogP contribution in [0.1, 0.15) is 19.3 Å². The summed E-state index contributed by atoms with van der Waals surface area (Å²) in [7, 11) is 0. The lowest BCUT2D eigenvalue weighted by Crippen LogP contribution is -2.50. The molecule has 0 spiro atoms. The quantitative estimate of drug-likeness (QED) is 0.812. The van der Waals surface area contributed by atoms with Crippen molar-refractivity contribution in [3.63, 3.8) is 0 Å². The summed E-state index contributed by atoms with van der Waals surface area (Å²) >= 11 is 0. The first-order valence-corrected chi connectivity index (χ1v) is 5.33. The van der Waals surface area contributed by atoms with Crippen LogP contribution in [0.2, 0.25) is 0 Å². The number of alkyl halides is 3. The minimum atomic E-state index is -4.24. The van der Waals surface area contributed by atoms with Gasteiger partial charge in [-0.2, -0.15) is 18.4 Å². The minimum absolute atomic E-state index is 0.226. The van der Waals surface area contributed by atoms with Crippen LogP contribution in [-0.4, -0.2) is 36.1 Å². The second-order valence-corrected chi connectivity index (χ2v) is 4.17. The van der Waals surface area contributed by atoms with Gasteiger partial charge in [-0.05, 0) is 12.8 Å². The van der Waals surface area contributed by atoms with Crippen LogP contribution in [-0.2, 0) is 4.79 Å². The van der Waals surface area contributed by atoms with Crippen LogP contribution in [0.3, 0.4) is 0 Å². The molecule has 0 aromatic carbocycles. The van der Waals surface area contributed by atoms with Crippen LogP contribution in [0.15, 0.2) is 0 Å². The van der Waals surface area contributed by atoms with Gasteiger partial charge in [0.15, 0.2) is 0 Å². The highest BCUT2D eigenvalue weighted by Crippen LogP contribution is 2.25. The first-order valence-electron chi connectivity index (χ1n) is 5.33. The van der Waals surface area contributed by atoms with Crippen molar-refractivity contribution in [2.45, 2.75) is 31.5 Å². The van der Waals surface area contributed by atoms with Gasteiger partial charge in [-0.15, -0.1) is 0 Å². The molecule has 0 bridgehead atoms. The fourth-order valence-corrected chi connectivity index (χ4v) is 1.97. The van der Waals surface area contributed by atoms with Gasteiger partial charge in [0.25, 0.3) is 0 Å². The number of nitriles is 1. The zero-order valence-corrected chi connectivity index (χ0v) is 9.20. The number of piperidine rings is 1. The number of hydrogen-bond donors (Lipinski definition) is 1. The molecule has 4 nitrogen and oxygen atoms in total. The molecule has 1 aliphatic rings. The first-order chi connectivity index (χ1) is 7.83. The maximum Gasteiger partial charge on any atom is 0.390 e. The maximum absolute atomic E-state index is 12.1. The molecule has 17 heavy (non-hydrogen) atoms. The Hall–Kier alpha value is -1.29. The largest absolute Gasteiger partial charge is 0.390 e. The molecule has 1 fully saturated rings.